The number of anilines is 2. The van der Waals surface area contributed by atoms with Crippen LogP contribution in [0.3, 0.4) is 0 Å². The maximum atomic E-state index is 14.1. The lowest BCUT2D eigenvalue weighted by atomic mass is 9.64. The van der Waals surface area contributed by atoms with Gasteiger partial charge in [0, 0.05) is 41.7 Å². The molecule has 0 aromatic heterocycles. The van der Waals surface area contributed by atoms with E-state index < -0.39 is 46.1 Å². The molecule has 3 heterocycles. The molecule has 0 bridgehead atoms. The number of nitrogens with two attached hydrogens (primary N) is 1. The van der Waals surface area contributed by atoms with E-state index in [9.17, 15) is 29.3 Å². The molecule has 2 aromatic carbocycles. The Morgan fingerprint density at radius 1 is 1.17 bits per heavy atom. The number of nitrogens with one attached hydrogen (secondary N) is 1. The van der Waals surface area contributed by atoms with Crippen LogP contribution in [0.15, 0.2) is 42.5 Å². The Balaban J connectivity index is 1.68. The minimum atomic E-state index is -1.82. The van der Waals surface area contributed by atoms with Gasteiger partial charge in [-0.25, -0.2) is 9.69 Å². The first-order valence-electron chi connectivity index (χ1n) is 10.9. The lowest BCUT2D eigenvalue weighted by molar-refractivity contribution is -0.384. The molecule has 0 aliphatic carbocycles. The Hall–Kier alpha value is -3.99. The van der Waals surface area contributed by atoms with Crippen LogP contribution < -0.4 is 20.9 Å². The highest BCUT2D eigenvalue weighted by atomic mass is 35.5. The first kappa shape index (κ1) is 22.8. The molecular weight excluding hydrogens is 478 g/mol. The highest BCUT2D eigenvalue weighted by Gasteiger charge is 2.63. The molecule has 3 N–H and O–H groups in total. The van der Waals surface area contributed by atoms with E-state index in [0.29, 0.717) is 29.2 Å². The number of non-ortho nitro benzene ring substituents is 1. The molecular formula is C23H20ClN5O6. The summed E-state index contributed by atoms with van der Waals surface area (Å²) in [5.74, 6) is -2.70. The van der Waals surface area contributed by atoms with Crippen LogP contribution in [0.1, 0.15) is 18.4 Å². The summed E-state index contributed by atoms with van der Waals surface area (Å²) < 4.78 is 0. The van der Waals surface area contributed by atoms with Gasteiger partial charge in [0.1, 0.15) is 0 Å². The van der Waals surface area contributed by atoms with Gasteiger partial charge in [0.15, 0.2) is 5.41 Å². The van der Waals surface area contributed by atoms with Crippen molar-refractivity contribution in [3.63, 3.8) is 0 Å². The van der Waals surface area contributed by atoms with Crippen molar-refractivity contribution in [2.45, 2.75) is 25.3 Å². The van der Waals surface area contributed by atoms with Gasteiger partial charge in [-0.15, -0.1) is 0 Å². The number of urea groups is 1. The molecule has 0 saturated carbocycles. The Labute approximate surface area is 203 Å². The lowest BCUT2D eigenvalue weighted by Crippen LogP contribution is -2.73. The average Bonchev–Trinajstić information content (AvgIpc) is 2.83. The number of barbiturate groups is 1. The van der Waals surface area contributed by atoms with Crippen molar-refractivity contribution in [3.05, 3.63) is 63.2 Å². The number of primary amides is 1. The van der Waals surface area contributed by atoms with Crippen LogP contribution in [0.5, 0.6) is 0 Å². The van der Waals surface area contributed by atoms with Gasteiger partial charge in [0.2, 0.25) is 11.8 Å². The van der Waals surface area contributed by atoms with E-state index >= 15 is 0 Å². The van der Waals surface area contributed by atoms with Gasteiger partial charge in [0.05, 0.1) is 16.7 Å². The summed E-state index contributed by atoms with van der Waals surface area (Å²) in [4.78, 5) is 66.1. The normalized spacial score (nSPS) is 25.7. The van der Waals surface area contributed by atoms with E-state index in [4.69, 9.17) is 17.3 Å². The van der Waals surface area contributed by atoms with E-state index in [1.165, 1.54) is 36.4 Å². The highest BCUT2D eigenvalue weighted by molar-refractivity contribution is 6.32. The fourth-order valence-corrected chi connectivity index (χ4v) is 5.56. The van der Waals surface area contributed by atoms with Crippen LogP contribution in [0.25, 0.3) is 0 Å². The molecule has 2 aromatic rings. The number of nitro groups is 1. The number of fused-ring (bicyclic) bond motifs is 4. The van der Waals surface area contributed by atoms with Crippen LogP contribution >= 0.6 is 11.6 Å². The number of rotatable bonds is 3. The standard InChI is InChI=1S/C23H20ClN5O6/c24-14-1-3-15(4-2-14)28-21(32)23(20(31)26-22(28)33)11-13-9-16(29(34)35)5-6-17(13)27-8-7-12(19(25)30)10-18(23)27/h1-6,9,12,18H,7-8,10-11H2,(H2,25,30)(H,26,31,33)/t12-,18+,23+/m1/s1. The monoisotopic (exact) mass is 497 g/mol. The molecule has 3 atom stereocenters. The van der Waals surface area contributed by atoms with E-state index in [0.717, 1.165) is 4.90 Å². The molecule has 3 aliphatic rings. The molecule has 5 amide bonds. The van der Waals surface area contributed by atoms with Gasteiger partial charge in [-0.2, -0.15) is 0 Å². The summed E-state index contributed by atoms with van der Waals surface area (Å²) in [6.07, 6.45) is 0.334. The third kappa shape index (κ3) is 3.42. The van der Waals surface area contributed by atoms with E-state index in [1.54, 1.807) is 6.07 Å². The Morgan fingerprint density at radius 3 is 2.54 bits per heavy atom. The van der Waals surface area contributed by atoms with Crippen molar-refractivity contribution in [1.29, 1.82) is 0 Å². The summed E-state index contributed by atoms with van der Waals surface area (Å²) in [6, 6.07) is 8.57. The van der Waals surface area contributed by atoms with E-state index in [-0.39, 0.29) is 24.2 Å². The van der Waals surface area contributed by atoms with Crippen LogP contribution in [0.4, 0.5) is 21.9 Å². The molecule has 0 radical (unpaired) electrons. The summed E-state index contributed by atoms with van der Waals surface area (Å²) >= 11 is 5.96. The third-order valence-electron chi connectivity index (χ3n) is 7.12. The molecule has 180 valence electrons. The van der Waals surface area contributed by atoms with Crippen molar-refractivity contribution in [2.75, 3.05) is 16.3 Å². The largest absolute Gasteiger partial charge is 0.369 e. The number of carbonyl (C=O) groups is 4. The number of nitro benzene ring substituents is 1. The second kappa shape index (κ2) is 8.05. The number of benzene rings is 2. The Kier molecular flexibility index (Phi) is 5.24. The van der Waals surface area contributed by atoms with Crippen LogP contribution in [0.2, 0.25) is 5.02 Å². The minimum Gasteiger partial charge on any atom is -0.369 e. The first-order valence-corrected chi connectivity index (χ1v) is 11.3. The minimum absolute atomic E-state index is 0.119. The number of amides is 5. The highest BCUT2D eigenvalue weighted by Crippen LogP contribution is 2.49. The van der Waals surface area contributed by atoms with Gasteiger partial charge in [0.25, 0.3) is 11.6 Å². The van der Waals surface area contributed by atoms with Crippen molar-refractivity contribution < 1.29 is 24.1 Å². The van der Waals surface area contributed by atoms with E-state index in [2.05, 4.69) is 5.32 Å². The van der Waals surface area contributed by atoms with Crippen LogP contribution in [-0.2, 0) is 20.8 Å². The van der Waals surface area contributed by atoms with Gasteiger partial charge in [-0.3, -0.25) is 29.8 Å². The number of nitrogens with zero attached hydrogens (tertiary/aromatic N) is 3. The predicted octanol–water partition coefficient (Wildman–Crippen LogP) is 2.14. The zero-order chi connectivity index (χ0) is 25.1. The maximum Gasteiger partial charge on any atom is 0.335 e. The zero-order valence-corrected chi connectivity index (χ0v) is 19.0. The van der Waals surface area contributed by atoms with Gasteiger partial charge in [-0.05, 0) is 48.7 Å². The second-order valence-corrected chi connectivity index (χ2v) is 9.36. The van der Waals surface area contributed by atoms with Crippen molar-refractivity contribution in [2.24, 2.45) is 17.1 Å². The number of piperidine rings is 1. The molecule has 2 fully saturated rings. The number of carbonyl (C=O) groups excluding carboxylic acids is 4. The molecule has 5 rings (SSSR count). The zero-order valence-electron chi connectivity index (χ0n) is 18.3. The lowest BCUT2D eigenvalue weighted by Gasteiger charge is -2.54. The molecule has 1 spiro atoms. The number of halogens is 1. The number of hydrogen-bond acceptors (Lipinski definition) is 7. The summed E-state index contributed by atoms with van der Waals surface area (Å²) in [6.45, 7) is 0.306. The molecule has 11 nitrogen and oxygen atoms in total. The molecule has 2 saturated heterocycles. The maximum absolute atomic E-state index is 14.1. The molecule has 3 aliphatic heterocycles. The fraction of sp³-hybridized carbons (Fsp3) is 0.304. The predicted molar refractivity (Wildman–Crippen MR) is 125 cm³/mol. The molecule has 0 unspecified atom stereocenters. The molecule has 12 heteroatoms. The number of imide groups is 2. The SMILES string of the molecule is NC(=O)[C@@H]1CCN2c3ccc([N+](=O)[O-])cc3C[C@@]3(C(=O)NC(=O)N(c4ccc(Cl)cc4)C3=O)[C@@H]2C1. The van der Waals surface area contributed by atoms with Gasteiger partial charge >= 0.3 is 6.03 Å². The molecule has 35 heavy (non-hydrogen) atoms. The third-order valence-corrected chi connectivity index (χ3v) is 7.38. The second-order valence-electron chi connectivity index (χ2n) is 8.93. The summed E-state index contributed by atoms with van der Waals surface area (Å²) in [5.41, 5.74) is 4.87. The smallest absolute Gasteiger partial charge is 0.335 e. The quantitative estimate of drug-likeness (QED) is 0.373. The Bertz CT molecular complexity index is 1300. The average molecular weight is 498 g/mol. The van der Waals surface area contributed by atoms with Crippen molar-refractivity contribution in [1.82, 2.24) is 5.32 Å². The topological polar surface area (TPSA) is 156 Å². The van der Waals surface area contributed by atoms with Gasteiger partial charge < -0.3 is 10.6 Å². The number of hydrogen-bond donors (Lipinski definition) is 2. The van der Waals surface area contributed by atoms with Crippen molar-refractivity contribution in [3.8, 4) is 0 Å². The first-order chi connectivity index (χ1) is 16.6. The summed E-state index contributed by atoms with van der Waals surface area (Å²) in [7, 11) is 0. The van der Waals surface area contributed by atoms with Crippen LogP contribution in [-0.4, -0.2) is 41.3 Å². The van der Waals surface area contributed by atoms with Gasteiger partial charge in [-0.1, -0.05) is 11.6 Å². The van der Waals surface area contributed by atoms with Crippen molar-refractivity contribution >= 4 is 52.4 Å². The fourth-order valence-electron chi connectivity index (χ4n) is 5.43. The van der Waals surface area contributed by atoms with E-state index in [1.807, 2.05) is 4.90 Å². The van der Waals surface area contributed by atoms with Crippen LogP contribution in [0, 0.1) is 21.4 Å². The Morgan fingerprint density at radius 2 is 1.89 bits per heavy atom. The summed E-state index contributed by atoms with van der Waals surface area (Å²) in [5, 5.41) is 14.1.